The molecule has 0 bridgehead atoms. The zero-order chi connectivity index (χ0) is 19.3. The van der Waals surface area contributed by atoms with Crippen molar-refractivity contribution in [3.05, 3.63) is 34.2 Å². The summed E-state index contributed by atoms with van der Waals surface area (Å²) in [6, 6.07) is 7.38. The Hall–Kier alpha value is -2.12. The van der Waals surface area contributed by atoms with Crippen molar-refractivity contribution in [2.75, 3.05) is 13.2 Å². The van der Waals surface area contributed by atoms with Gasteiger partial charge in [0.1, 0.15) is 11.4 Å². The van der Waals surface area contributed by atoms with Crippen molar-refractivity contribution in [2.45, 2.75) is 26.8 Å². The molecule has 1 aromatic carbocycles. The first-order valence-corrected chi connectivity index (χ1v) is 9.39. The van der Waals surface area contributed by atoms with Crippen molar-refractivity contribution in [1.82, 2.24) is 10.6 Å². The van der Waals surface area contributed by atoms with Crippen LogP contribution in [0, 0.1) is 5.92 Å². The topological polar surface area (TPSA) is 84.5 Å². The molecule has 2 amide bonds. The van der Waals surface area contributed by atoms with Gasteiger partial charge in [-0.1, -0.05) is 43.6 Å². The molecule has 1 atom stereocenters. The molecule has 6 nitrogen and oxygen atoms in total. The average molecular weight is 397 g/mol. The monoisotopic (exact) mass is 396 g/mol. The third-order valence-electron chi connectivity index (χ3n) is 3.89. The van der Waals surface area contributed by atoms with Crippen LogP contribution in [0.15, 0.2) is 24.3 Å². The van der Waals surface area contributed by atoms with E-state index in [1.54, 1.807) is 0 Å². The van der Waals surface area contributed by atoms with Gasteiger partial charge in [0.25, 0.3) is 11.8 Å². The number of fused-ring (bicyclic) bond motifs is 1. The lowest BCUT2D eigenvalue weighted by Crippen LogP contribution is -2.39. The highest BCUT2D eigenvalue weighted by atomic mass is 35.5. The molecule has 0 saturated carbocycles. The molecular weight excluding hydrogens is 376 g/mol. The molecule has 1 aromatic heterocycles. The minimum absolute atomic E-state index is 0.0176. The quantitative estimate of drug-likeness (QED) is 0.704. The van der Waals surface area contributed by atoms with Gasteiger partial charge in [0.15, 0.2) is 6.61 Å². The molecule has 0 aliphatic heterocycles. The number of nitrogens with one attached hydrogen (secondary N) is 2. The summed E-state index contributed by atoms with van der Waals surface area (Å²) in [7, 11) is 0. The molecule has 2 N–H and O–H groups in total. The summed E-state index contributed by atoms with van der Waals surface area (Å²) in [5, 5.41) is 6.35. The molecule has 0 fully saturated rings. The number of rotatable bonds is 7. The van der Waals surface area contributed by atoms with Gasteiger partial charge in [0.05, 0.1) is 5.02 Å². The van der Waals surface area contributed by atoms with E-state index in [0.29, 0.717) is 9.90 Å². The van der Waals surface area contributed by atoms with E-state index in [4.69, 9.17) is 16.3 Å². The standard InChI is InChI=1S/C18H21ClN2O4S/c1-10(2)11(3)21-14(22)9-25-15(23)8-20-18(24)17-16(19)12-6-4-5-7-13(12)26-17/h4-7,10-11H,8-9H2,1-3H3,(H,20,24)(H,21,22)/t11-/m0/s1. The van der Waals surface area contributed by atoms with E-state index in [0.717, 1.165) is 10.1 Å². The van der Waals surface area contributed by atoms with Gasteiger partial charge in [-0.05, 0) is 18.9 Å². The zero-order valence-corrected chi connectivity index (χ0v) is 16.4. The molecule has 0 unspecified atom stereocenters. The summed E-state index contributed by atoms with van der Waals surface area (Å²) in [4.78, 5) is 36.0. The Balaban J connectivity index is 1.82. The van der Waals surface area contributed by atoms with E-state index < -0.39 is 11.9 Å². The highest BCUT2D eigenvalue weighted by molar-refractivity contribution is 7.21. The number of hydrogen-bond donors (Lipinski definition) is 2. The first-order valence-electron chi connectivity index (χ1n) is 8.19. The molecule has 8 heteroatoms. The first kappa shape index (κ1) is 20.2. The number of hydrogen-bond acceptors (Lipinski definition) is 5. The molecular formula is C18H21ClN2O4S. The lowest BCUT2D eigenvalue weighted by Gasteiger charge is -2.17. The number of ether oxygens (including phenoxy) is 1. The van der Waals surface area contributed by atoms with Crippen LogP contribution in [0.25, 0.3) is 10.1 Å². The van der Waals surface area contributed by atoms with Crippen LogP contribution in [0.5, 0.6) is 0 Å². The Morgan fingerprint density at radius 3 is 2.54 bits per heavy atom. The SMILES string of the molecule is CC(C)[C@H](C)NC(=O)COC(=O)CNC(=O)c1sc2ccccc2c1Cl. The Labute approximate surface area is 160 Å². The predicted molar refractivity (Wildman–Crippen MR) is 103 cm³/mol. The van der Waals surface area contributed by atoms with Gasteiger partial charge in [0, 0.05) is 16.1 Å². The van der Waals surface area contributed by atoms with Gasteiger partial charge in [-0.25, -0.2) is 0 Å². The van der Waals surface area contributed by atoms with Gasteiger partial charge < -0.3 is 15.4 Å². The fourth-order valence-corrected chi connectivity index (χ4v) is 3.49. The molecule has 26 heavy (non-hydrogen) atoms. The third kappa shape index (κ3) is 5.19. The highest BCUT2D eigenvalue weighted by Crippen LogP contribution is 2.34. The van der Waals surface area contributed by atoms with Crippen LogP contribution in [-0.2, 0) is 14.3 Å². The summed E-state index contributed by atoms with van der Waals surface area (Å²) >= 11 is 7.48. The molecule has 0 aliphatic rings. The number of thiophene rings is 1. The second-order valence-electron chi connectivity index (χ2n) is 6.18. The van der Waals surface area contributed by atoms with E-state index in [2.05, 4.69) is 10.6 Å². The number of esters is 1. The largest absolute Gasteiger partial charge is 0.454 e. The van der Waals surface area contributed by atoms with E-state index in [-0.39, 0.29) is 31.0 Å². The van der Waals surface area contributed by atoms with Crippen LogP contribution < -0.4 is 10.6 Å². The van der Waals surface area contributed by atoms with Gasteiger partial charge in [-0.15, -0.1) is 11.3 Å². The van der Waals surface area contributed by atoms with Gasteiger partial charge in [0.2, 0.25) is 0 Å². The fourth-order valence-electron chi connectivity index (χ4n) is 2.05. The maximum absolute atomic E-state index is 12.2. The smallest absolute Gasteiger partial charge is 0.325 e. The predicted octanol–water partition coefficient (Wildman–Crippen LogP) is 2.99. The molecule has 2 aromatic rings. The lowest BCUT2D eigenvalue weighted by atomic mass is 10.1. The van der Waals surface area contributed by atoms with Crippen LogP contribution >= 0.6 is 22.9 Å². The number of benzene rings is 1. The van der Waals surface area contributed by atoms with Gasteiger partial charge >= 0.3 is 5.97 Å². The Kier molecular flexibility index (Phi) is 6.99. The van der Waals surface area contributed by atoms with Crippen molar-refractivity contribution in [3.8, 4) is 0 Å². The van der Waals surface area contributed by atoms with Crippen molar-refractivity contribution in [1.29, 1.82) is 0 Å². The summed E-state index contributed by atoms with van der Waals surface area (Å²) in [6.45, 7) is 5.11. The molecule has 1 heterocycles. The first-order chi connectivity index (χ1) is 12.3. The molecule has 0 aliphatic carbocycles. The van der Waals surface area contributed by atoms with E-state index in [1.165, 1.54) is 11.3 Å². The second-order valence-corrected chi connectivity index (χ2v) is 7.62. The van der Waals surface area contributed by atoms with Crippen molar-refractivity contribution < 1.29 is 19.1 Å². The van der Waals surface area contributed by atoms with E-state index in [1.807, 2.05) is 45.0 Å². The fraction of sp³-hybridized carbons (Fsp3) is 0.389. The van der Waals surface area contributed by atoms with Crippen molar-refractivity contribution >= 4 is 50.8 Å². The third-order valence-corrected chi connectivity index (χ3v) is 5.56. The van der Waals surface area contributed by atoms with Crippen molar-refractivity contribution in [2.24, 2.45) is 5.92 Å². The summed E-state index contributed by atoms with van der Waals surface area (Å²) in [5.74, 6) is -1.24. The molecule has 0 spiro atoms. The Morgan fingerprint density at radius 1 is 1.19 bits per heavy atom. The van der Waals surface area contributed by atoms with Crippen LogP contribution in [0.3, 0.4) is 0 Å². The minimum atomic E-state index is -0.692. The average Bonchev–Trinajstić information content (AvgIpc) is 2.95. The highest BCUT2D eigenvalue weighted by Gasteiger charge is 2.18. The van der Waals surface area contributed by atoms with E-state index >= 15 is 0 Å². The van der Waals surface area contributed by atoms with E-state index in [9.17, 15) is 14.4 Å². The van der Waals surface area contributed by atoms with Crippen LogP contribution in [0.1, 0.15) is 30.4 Å². The second kappa shape index (κ2) is 9.00. The summed E-state index contributed by atoms with van der Waals surface area (Å²) < 4.78 is 5.75. The van der Waals surface area contributed by atoms with Gasteiger partial charge in [-0.2, -0.15) is 0 Å². The van der Waals surface area contributed by atoms with Crippen LogP contribution in [0.2, 0.25) is 5.02 Å². The summed E-state index contributed by atoms with van der Waals surface area (Å²) in [6.07, 6.45) is 0. The minimum Gasteiger partial charge on any atom is -0.454 e. The zero-order valence-electron chi connectivity index (χ0n) is 14.8. The van der Waals surface area contributed by atoms with Gasteiger partial charge in [-0.3, -0.25) is 14.4 Å². The molecule has 140 valence electrons. The number of carbonyl (C=O) groups excluding carboxylic acids is 3. The normalized spacial score (nSPS) is 12.0. The van der Waals surface area contributed by atoms with Crippen LogP contribution in [0.4, 0.5) is 0 Å². The molecule has 2 rings (SSSR count). The van der Waals surface area contributed by atoms with Crippen molar-refractivity contribution in [3.63, 3.8) is 0 Å². The Morgan fingerprint density at radius 2 is 1.88 bits per heavy atom. The molecule has 0 saturated heterocycles. The maximum Gasteiger partial charge on any atom is 0.325 e. The summed E-state index contributed by atoms with van der Waals surface area (Å²) in [5.41, 5.74) is 0. The number of amides is 2. The number of carbonyl (C=O) groups is 3. The Bertz CT molecular complexity index is 819. The van der Waals surface area contributed by atoms with Crippen LogP contribution in [-0.4, -0.2) is 37.0 Å². The number of halogens is 1. The lowest BCUT2D eigenvalue weighted by molar-refractivity contribution is -0.147. The maximum atomic E-state index is 12.2. The molecule has 0 radical (unpaired) electrons.